The van der Waals surface area contributed by atoms with Crippen LogP contribution in [0.25, 0.3) is 16.8 Å². The van der Waals surface area contributed by atoms with Crippen LogP contribution in [0.2, 0.25) is 0 Å². The van der Waals surface area contributed by atoms with E-state index in [2.05, 4.69) is 25.5 Å². The van der Waals surface area contributed by atoms with Crippen LogP contribution in [0.3, 0.4) is 0 Å². The molecular weight excluding hydrogens is 277 g/mol. The molecule has 0 aliphatic rings. The van der Waals surface area contributed by atoms with Crippen LogP contribution in [0.15, 0.2) is 35.4 Å². The summed E-state index contributed by atoms with van der Waals surface area (Å²) in [4.78, 5) is 15.6. The number of benzene rings is 1. The highest BCUT2D eigenvalue weighted by Gasteiger charge is 2.14. The second kappa shape index (κ2) is 4.20. The van der Waals surface area contributed by atoms with Crippen molar-refractivity contribution >= 4 is 16.8 Å². The molecule has 0 bridgehead atoms. The fourth-order valence-electron chi connectivity index (χ4n) is 2.17. The summed E-state index contributed by atoms with van der Waals surface area (Å²) in [5.74, 6) is -0.321. The summed E-state index contributed by atoms with van der Waals surface area (Å²) >= 11 is 0. The number of fused-ring (bicyclic) bond motifs is 3. The lowest BCUT2D eigenvalue weighted by Gasteiger charge is -2.03. The van der Waals surface area contributed by atoms with Crippen molar-refractivity contribution in [1.29, 1.82) is 0 Å². The van der Waals surface area contributed by atoms with E-state index >= 15 is 0 Å². The number of nitrogens with one attached hydrogen (secondary N) is 1. The van der Waals surface area contributed by atoms with E-state index in [1.807, 2.05) is 0 Å². The quantitative estimate of drug-likeness (QED) is 0.573. The maximum atomic E-state index is 13.7. The maximum absolute atomic E-state index is 13.7. The number of aromatic amines is 1. The first-order valence-electron chi connectivity index (χ1n) is 6.12. The van der Waals surface area contributed by atoms with Gasteiger partial charge in [0, 0.05) is 5.56 Å². The van der Waals surface area contributed by atoms with Gasteiger partial charge in [0.15, 0.2) is 16.8 Å². The molecule has 4 aromatic rings. The molecule has 4 rings (SSSR count). The summed E-state index contributed by atoms with van der Waals surface area (Å²) in [5.41, 5.74) is 1.23. The van der Waals surface area contributed by atoms with Crippen molar-refractivity contribution < 1.29 is 4.39 Å². The highest BCUT2D eigenvalue weighted by atomic mass is 19.1. The Hall–Kier alpha value is -3.10. The summed E-state index contributed by atoms with van der Waals surface area (Å²) in [6.07, 6.45) is 1.34. The molecule has 0 aliphatic heterocycles. The third kappa shape index (κ3) is 1.71. The van der Waals surface area contributed by atoms with E-state index in [9.17, 15) is 9.18 Å². The molecule has 3 heterocycles. The summed E-state index contributed by atoms with van der Waals surface area (Å²) in [6.45, 7) is 0.195. The average molecular weight is 285 g/mol. The molecule has 9 heteroatoms. The van der Waals surface area contributed by atoms with Crippen LogP contribution in [0.4, 0.5) is 4.39 Å². The minimum atomic E-state index is -0.400. The third-order valence-electron chi connectivity index (χ3n) is 3.20. The summed E-state index contributed by atoms with van der Waals surface area (Å²) in [6, 6.07) is 6.42. The van der Waals surface area contributed by atoms with Crippen LogP contribution in [-0.4, -0.2) is 34.6 Å². The molecule has 1 N–H and O–H groups in total. The average Bonchev–Trinajstić information content (AvgIpc) is 3.06. The van der Waals surface area contributed by atoms with Crippen molar-refractivity contribution in [2.24, 2.45) is 0 Å². The molecule has 0 radical (unpaired) electrons. The van der Waals surface area contributed by atoms with Crippen LogP contribution in [0.1, 0.15) is 5.56 Å². The molecule has 104 valence electrons. The largest absolute Gasteiger partial charge is 0.349 e. The van der Waals surface area contributed by atoms with Gasteiger partial charge in [0.1, 0.15) is 12.1 Å². The molecule has 0 amide bonds. The number of nitrogens with zero attached hydrogens (tertiary/aromatic N) is 6. The molecule has 0 atom stereocenters. The molecule has 0 unspecified atom stereocenters. The van der Waals surface area contributed by atoms with Gasteiger partial charge < -0.3 is 0 Å². The van der Waals surface area contributed by atoms with Gasteiger partial charge in [0.05, 0.1) is 6.54 Å². The second-order valence-electron chi connectivity index (χ2n) is 4.48. The van der Waals surface area contributed by atoms with Crippen molar-refractivity contribution in [3.8, 4) is 0 Å². The topological polar surface area (TPSA) is 93.8 Å². The number of rotatable bonds is 2. The molecule has 0 aliphatic carbocycles. The molecule has 21 heavy (non-hydrogen) atoms. The van der Waals surface area contributed by atoms with E-state index in [0.29, 0.717) is 22.4 Å². The van der Waals surface area contributed by atoms with Gasteiger partial charge in [-0.1, -0.05) is 23.4 Å². The SMILES string of the molecule is O=c1[nH]nc2c3nnn(Cc4ccccc4F)c3ncn12. The predicted molar refractivity (Wildman–Crippen MR) is 70.2 cm³/mol. The van der Waals surface area contributed by atoms with Crippen LogP contribution in [0.5, 0.6) is 0 Å². The van der Waals surface area contributed by atoms with Crippen molar-refractivity contribution in [2.75, 3.05) is 0 Å². The monoisotopic (exact) mass is 285 g/mol. The minimum Gasteiger partial charge on any atom is -0.246 e. The fraction of sp³-hybridized carbons (Fsp3) is 0.0833. The Morgan fingerprint density at radius 2 is 2.10 bits per heavy atom. The smallest absolute Gasteiger partial charge is 0.246 e. The normalized spacial score (nSPS) is 11.5. The number of aromatic nitrogens is 7. The van der Waals surface area contributed by atoms with Gasteiger partial charge in [-0.25, -0.2) is 28.4 Å². The third-order valence-corrected chi connectivity index (χ3v) is 3.20. The standard InChI is InChI=1S/C12H8FN7O/c13-8-4-2-1-3-7(8)5-20-10-9(15-18-20)11-16-17-12(21)19(11)6-14-10/h1-4,6H,5H2,(H,17,21). The van der Waals surface area contributed by atoms with Crippen molar-refractivity contribution in [3.63, 3.8) is 0 Å². The molecule has 3 aromatic heterocycles. The first kappa shape index (κ1) is 11.7. The number of halogens is 1. The number of hydrogen-bond donors (Lipinski definition) is 1. The van der Waals surface area contributed by atoms with Crippen molar-refractivity contribution in [1.82, 2.24) is 34.6 Å². The van der Waals surface area contributed by atoms with Crippen LogP contribution < -0.4 is 5.69 Å². The Labute approximate surface area is 115 Å². The van der Waals surface area contributed by atoms with Gasteiger partial charge in [-0.2, -0.15) is 5.10 Å². The highest BCUT2D eigenvalue weighted by Crippen LogP contribution is 2.14. The van der Waals surface area contributed by atoms with Gasteiger partial charge in [-0.05, 0) is 6.07 Å². The lowest BCUT2D eigenvalue weighted by molar-refractivity contribution is 0.582. The zero-order chi connectivity index (χ0) is 14.4. The lowest BCUT2D eigenvalue weighted by atomic mass is 10.2. The van der Waals surface area contributed by atoms with Crippen LogP contribution in [0, 0.1) is 5.82 Å². The van der Waals surface area contributed by atoms with Crippen LogP contribution in [-0.2, 0) is 6.54 Å². The van der Waals surface area contributed by atoms with Gasteiger partial charge in [-0.15, -0.1) is 5.10 Å². The Kier molecular flexibility index (Phi) is 2.34. The lowest BCUT2D eigenvalue weighted by Crippen LogP contribution is -2.10. The Morgan fingerprint density at radius 3 is 2.95 bits per heavy atom. The van der Waals surface area contributed by atoms with E-state index in [-0.39, 0.29) is 12.4 Å². The van der Waals surface area contributed by atoms with Crippen LogP contribution >= 0.6 is 0 Å². The summed E-state index contributed by atoms with van der Waals surface area (Å²) in [7, 11) is 0. The molecule has 0 fully saturated rings. The molecule has 0 saturated heterocycles. The minimum absolute atomic E-state index is 0.195. The second-order valence-corrected chi connectivity index (χ2v) is 4.48. The van der Waals surface area contributed by atoms with Gasteiger partial charge in [0.25, 0.3) is 0 Å². The van der Waals surface area contributed by atoms with Gasteiger partial charge >= 0.3 is 5.69 Å². The molecule has 0 spiro atoms. The highest BCUT2D eigenvalue weighted by molar-refractivity contribution is 5.83. The Morgan fingerprint density at radius 1 is 1.24 bits per heavy atom. The first-order chi connectivity index (χ1) is 10.2. The van der Waals surface area contributed by atoms with E-state index in [0.717, 1.165) is 0 Å². The number of hydrogen-bond acceptors (Lipinski definition) is 5. The Balaban J connectivity index is 1.89. The van der Waals surface area contributed by atoms with Gasteiger partial charge in [-0.3, -0.25) is 0 Å². The van der Waals surface area contributed by atoms with Gasteiger partial charge in [0.2, 0.25) is 0 Å². The maximum Gasteiger partial charge on any atom is 0.349 e. The molecule has 0 saturated carbocycles. The van der Waals surface area contributed by atoms with E-state index < -0.39 is 5.69 Å². The number of H-pyrrole nitrogens is 1. The molecule has 8 nitrogen and oxygen atoms in total. The summed E-state index contributed by atoms with van der Waals surface area (Å²) < 4.78 is 16.4. The first-order valence-corrected chi connectivity index (χ1v) is 6.12. The predicted octanol–water partition coefficient (Wildman–Crippen LogP) is 0.350. The van der Waals surface area contributed by atoms with E-state index in [1.165, 1.54) is 21.5 Å². The Bertz CT molecular complexity index is 1020. The van der Waals surface area contributed by atoms with Crippen molar-refractivity contribution in [2.45, 2.75) is 6.54 Å². The fourth-order valence-corrected chi connectivity index (χ4v) is 2.17. The zero-order valence-corrected chi connectivity index (χ0v) is 10.6. The zero-order valence-electron chi connectivity index (χ0n) is 10.6. The van der Waals surface area contributed by atoms with E-state index in [1.54, 1.807) is 18.2 Å². The summed E-state index contributed by atoms with van der Waals surface area (Å²) in [5, 5.41) is 14.1. The van der Waals surface area contributed by atoms with E-state index in [4.69, 9.17) is 0 Å². The molecule has 1 aromatic carbocycles. The van der Waals surface area contributed by atoms with Crippen molar-refractivity contribution in [3.05, 3.63) is 52.5 Å². The molecular formula is C12H8FN7O.